The Kier molecular flexibility index (Phi) is 13.4. The average molecular weight is 623 g/mol. The largest absolute Gasteiger partial charge is 0.518 e. The molecule has 0 aromatic heterocycles. The molecule has 1 aliphatic heterocycles. The van der Waals surface area contributed by atoms with Crippen LogP contribution in [-0.4, -0.2) is 28.8 Å². The molecule has 1 heterocycles. The second-order valence-electron chi connectivity index (χ2n) is 13.6. The molecule has 6 heteroatoms. The van der Waals surface area contributed by atoms with Gasteiger partial charge in [-0.15, -0.1) is 0 Å². The lowest BCUT2D eigenvalue weighted by atomic mass is 10.1. The SMILES string of the molecule is CC(C)[Si](O/C1=C/CCC#C/C=C\C#CC(C)(O[Si](C)(C)C(C)(C)C)/C(Sc2ccccc2)=C/CO1)(C(C)C)C(C)C. The summed E-state index contributed by atoms with van der Waals surface area (Å²) in [5, 5.41) is 0.0251. The van der Waals surface area contributed by atoms with Gasteiger partial charge in [0.2, 0.25) is 0 Å². The fraction of sp³-hybridized carbons (Fsp3) is 0.556. The minimum atomic E-state index is -2.20. The Hall–Kier alpha value is -2.10. The smallest absolute Gasteiger partial charge is 0.262 e. The van der Waals surface area contributed by atoms with Gasteiger partial charge in [0.1, 0.15) is 12.2 Å². The highest BCUT2D eigenvalue weighted by molar-refractivity contribution is 8.03. The van der Waals surface area contributed by atoms with Gasteiger partial charge >= 0.3 is 0 Å². The Morgan fingerprint density at radius 3 is 2.07 bits per heavy atom. The molecule has 0 radical (unpaired) electrons. The molecular formula is C36H54O3SSi2. The first-order valence-electron chi connectivity index (χ1n) is 15.4. The average Bonchev–Trinajstić information content (AvgIpc) is 2.88. The van der Waals surface area contributed by atoms with Gasteiger partial charge in [-0.2, -0.15) is 0 Å². The van der Waals surface area contributed by atoms with Crippen LogP contribution < -0.4 is 0 Å². The van der Waals surface area contributed by atoms with E-state index in [2.05, 4.69) is 142 Å². The normalized spacial score (nSPS) is 22.3. The molecule has 42 heavy (non-hydrogen) atoms. The first-order chi connectivity index (χ1) is 19.5. The predicted octanol–water partition coefficient (Wildman–Crippen LogP) is 10.8. The van der Waals surface area contributed by atoms with E-state index in [4.69, 9.17) is 13.6 Å². The van der Waals surface area contributed by atoms with Crippen molar-refractivity contribution in [3.8, 4) is 23.7 Å². The quantitative estimate of drug-likeness (QED) is 0.202. The van der Waals surface area contributed by atoms with Crippen molar-refractivity contribution in [3.05, 3.63) is 65.5 Å². The maximum atomic E-state index is 7.11. The van der Waals surface area contributed by atoms with Crippen LogP contribution in [0.4, 0.5) is 0 Å². The lowest BCUT2D eigenvalue weighted by molar-refractivity contribution is 0.111. The van der Waals surface area contributed by atoms with Crippen LogP contribution >= 0.6 is 11.8 Å². The minimum absolute atomic E-state index is 0.0251. The van der Waals surface area contributed by atoms with Gasteiger partial charge in [0.15, 0.2) is 8.32 Å². The van der Waals surface area contributed by atoms with E-state index in [1.807, 2.05) is 18.2 Å². The van der Waals surface area contributed by atoms with Crippen molar-refractivity contribution < 1.29 is 13.6 Å². The van der Waals surface area contributed by atoms with Crippen LogP contribution in [0.2, 0.25) is 34.8 Å². The summed E-state index contributed by atoms with van der Waals surface area (Å²) in [6.07, 6.45) is 9.39. The first-order valence-corrected chi connectivity index (χ1v) is 21.2. The van der Waals surface area contributed by atoms with Crippen molar-refractivity contribution in [2.45, 2.75) is 127 Å². The monoisotopic (exact) mass is 622 g/mol. The molecule has 1 aromatic carbocycles. The van der Waals surface area contributed by atoms with Gasteiger partial charge in [0.05, 0.1) is 0 Å². The summed E-state index contributed by atoms with van der Waals surface area (Å²) in [5.74, 6) is 13.7. The lowest BCUT2D eigenvalue weighted by Crippen LogP contribution is -2.48. The van der Waals surface area contributed by atoms with Crippen molar-refractivity contribution in [1.82, 2.24) is 0 Å². The van der Waals surface area contributed by atoms with E-state index in [9.17, 15) is 0 Å². The van der Waals surface area contributed by atoms with Crippen LogP contribution in [0.15, 0.2) is 70.4 Å². The number of rotatable bonds is 9. The maximum Gasteiger partial charge on any atom is 0.262 e. The van der Waals surface area contributed by atoms with E-state index in [0.717, 1.165) is 22.6 Å². The van der Waals surface area contributed by atoms with Crippen molar-refractivity contribution in [3.63, 3.8) is 0 Å². The van der Waals surface area contributed by atoms with Gasteiger partial charge in [-0.25, -0.2) is 0 Å². The van der Waals surface area contributed by atoms with Crippen LogP contribution in [-0.2, 0) is 13.6 Å². The number of hydrogen-bond acceptors (Lipinski definition) is 4. The van der Waals surface area contributed by atoms with Gasteiger partial charge in [-0.3, -0.25) is 0 Å². The lowest BCUT2D eigenvalue weighted by Gasteiger charge is -2.43. The number of benzene rings is 1. The molecule has 3 nitrogen and oxygen atoms in total. The Labute approximate surface area is 264 Å². The highest BCUT2D eigenvalue weighted by Gasteiger charge is 2.48. The maximum absolute atomic E-state index is 7.11. The number of ether oxygens (including phenoxy) is 1. The van der Waals surface area contributed by atoms with E-state index in [1.165, 1.54) is 0 Å². The molecule has 1 aliphatic rings. The number of hydrogen-bond donors (Lipinski definition) is 0. The highest BCUT2D eigenvalue weighted by atomic mass is 32.2. The summed E-state index contributed by atoms with van der Waals surface area (Å²) in [6, 6.07) is 10.4. The Balaban J connectivity index is 2.65. The van der Waals surface area contributed by atoms with E-state index >= 15 is 0 Å². The van der Waals surface area contributed by atoms with Gasteiger partial charge in [-0.05, 0) is 84.5 Å². The molecule has 0 saturated carbocycles. The molecule has 2 rings (SSSR count). The third-order valence-electron chi connectivity index (χ3n) is 8.43. The summed E-state index contributed by atoms with van der Waals surface area (Å²) in [4.78, 5) is 2.15. The minimum Gasteiger partial charge on any atom is -0.518 e. The fourth-order valence-electron chi connectivity index (χ4n) is 5.26. The fourth-order valence-corrected chi connectivity index (χ4v) is 13.0. The molecule has 0 fully saturated rings. The first kappa shape index (κ1) is 36.1. The molecule has 1 unspecified atom stereocenters. The molecule has 0 saturated heterocycles. The molecule has 0 bridgehead atoms. The van der Waals surface area contributed by atoms with Crippen LogP contribution in [0.5, 0.6) is 0 Å². The van der Waals surface area contributed by atoms with Crippen LogP contribution in [0.3, 0.4) is 0 Å². The summed E-state index contributed by atoms with van der Waals surface area (Å²) in [5.41, 5.74) is 0.501. The van der Waals surface area contributed by atoms with Crippen molar-refractivity contribution >= 4 is 28.4 Å². The highest BCUT2D eigenvalue weighted by Crippen LogP contribution is 2.45. The molecule has 1 atom stereocenters. The van der Waals surface area contributed by atoms with E-state index in [0.29, 0.717) is 29.2 Å². The zero-order valence-corrected chi connectivity index (χ0v) is 31.0. The molecule has 0 spiro atoms. The van der Waals surface area contributed by atoms with Crippen LogP contribution in [0.1, 0.15) is 82.1 Å². The second-order valence-corrected chi connectivity index (χ2v) is 24.8. The predicted molar refractivity (Wildman–Crippen MR) is 187 cm³/mol. The van der Waals surface area contributed by atoms with Crippen molar-refractivity contribution in [2.24, 2.45) is 0 Å². The zero-order chi connectivity index (χ0) is 31.6. The van der Waals surface area contributed by atoms with Gasteiger partial charge in [-0.1, -0.05) is 116 Å². The van der Waals surface area contributed by atoms with Gasteiger partial charge in [0, 0.05) is 16.2 Å². The van der Waals surface area contributed by atoms with E-state index in [-0.39, 0.29) is 5.04 Å². The molecular weight excluding hydrogens is 569 g/mol. The molecule has 230 valence electrons. The van der Waals surface area contributed by atoms with E-state index in [1.54, 1.807) is 11.8 Å². The second kappa shape index (κ2) is 15.6. The Morgan fingerprint density at radius 1 is 0.905 bits per heavy atom. The topological polar surface area (TPSA) is 27.7 Å². The summed E-state index contributed by atoms with van der Waals surface area (Å²) >= 11 is 1.69. The zero-order valence-electron chi connectivity index (χ0n) is 28.2. The Bertz CT molecular complexity index is 1210. The molecule has 0 N–H and O–H groups in total. The molecule has 1 aromatic rings. The van der Waals surface area contributed by atoms with Gasteiger partial charge < -0.3 is 13.6 Å². The third-order valence-corrected chi connectivity index (χ3v) is 20.2. The van der Waals surface area contributed by atoms with E-state index < -0.39 is 22.2 Å². The summed E-state index contributed by atoms with van der Waals surface area (Å²) < 4.78 is 20.6. The third kappa shape index (κ3) is 9.71. The Morgan fingerprint density at radius 2 is 1.50 bits per heavy atom. The standard InChI is InChI=1S/C36H54O3SSi2/c1-29(2)42(30(3)4,31(5)6)38-34-25-21-16-14-13-15-17-22-27-36(10,39-41(11,12)35(7,8)9)33(26-28-37-34)40-32-23-19-18-20-24-32/h15,17-20,23-26,29-31H,16,21,28H2,1-12H3/b17-15-,33-26-,34-25+. The number of allylic oxidation sites excluding steroid dienone is 3. The van der Waals surface area contributed by atoms with Crippen molar-refractivity contribution in [2.75, 3.05) is 6.61 Å². The van der Waals surface area contributed by atoms with Gasteiger partial charge in [0.25, 0.3) is 14.3 Å². The summed E-state index contributed by atoms with van der Waals surface area (Å²) in [6.45, 7) is 27.6. The van der Waals surface area contributed by atoms with Crippen LogP contribution in [0.25, 0.3) is 0 Å². The molecule has 0 amide bonds. The van der Waals surface area contributed by atoms with Crippen LogP contribution in [0, 0.1) is 23.7 Å². The van der Waals surface area contributed by atoms with Crippen molar-refractivity contribution in [1.29, 1.82) is 0 Å². The molecule has 0 aliphatic carbocycles. The summed E-state index contributed by atoms with van der Waals surface area (Å²) in [7, 11) is -4.40. The number of thioether (sulfide) groups is 1.